The van der Waals surface area contributed by atoms with E-state index in [-0.39, 0.29) is 17.5 Å². The summed E-state index contributed by atoms with van der Waals surface area (Å²) in [4.78, 5) is 15.0. The highest BCUT2D eigenvalue weighted by atomic mass is 127. The molecule has 0 aromatic heterocycles. The number of anilines is 1. The molecule has 1 saturated carbocycles. The van der Waals surface area contributed by atoms with Gasteiger partial charge in [0.2, 0.25) is 0 Å². The molecular weight excluding hydrogens is 505 g/mol. The van der Waals surface area contributed by atoms with Crippen molar-refractivity contribution in [1.29, 1.82) is 0 Å². The van der Waals surface area contributed by atoms with Gasteiger partial charge in [-0.1, -0.05) is 6.07 Å². The monoisotopic (exact) mass is 535 g/mol. The molecule has 2 aromatic rings. The van der Waals surface area contributed by atoms with Crippen molar-refractivity contribution < 1.29 is 14.3 Å². The highest BCUT2D eigenvalue weighted by molar-refractivity contribution is 14.1. The van der Waals surface area contributed by atoms with Gasteiger partial charge in [-0.2, -0.15) is 0 Å². The number of hydrogen-bond acceptors (Lipinski definition) is 4. The molecule has 1 aliphatic carbocycles. The standard InChI is InChI=1S/C24H30IN3O3/c1-28-13-12-24(16-4-9-20(30-2)21(14-16)31-3)11-10-19(15-22(24)28)27-23(29)26-18-7-5-17(25)6-8-18/h4-9,14,19,22H,10-13,15H2,1-3H3,(H2,26,27,29)/t19-,22+,24+/m1/s1. The largest absolute Gasteiger partial charge is 0.493 e. The van der Waals surface area contributed by atoms with Gasteiger partial charge in [0.15, 0.2) is 11.5 Å². The summed E-state index contributed by atoms with van der Waals surface area (Å²) in [7, 11) is 5.55. The van der Waals surface area contributed by atoms with E-state index in [1.54, 1.807) is 14.2 Å². The Morgan fingerprint density at radius 2 is 1.84 bits per heavy atom. The van der Waals surface area contributed by atoms with Crippen LogP contribution in [0.3, 0.4) is 0 Å². The number of nitrogens with one attached hydrogen (secondary N) is 2. The van der Waals surface area contributed by atoms with Gasteiger partial charge in [0.05, 0.1) is 14.2 Å². The number of amides is 2. The maximum absolute atomic E-state index is 12.6. The molecule has 6 nitrogen and oxygen atoms in total. The lowest BCUT2D eigenvalue weighted by Gasteiger charge is -2.45. The fraction of sp³-hybridized carbons (Fsp3) is 0.458. The molecule has 0 radical (unpaired) electrons. The Balaban J connectivity index is 1.47. The van der Waals surface area contributed by atoms with E-state index in [4.69, 9.17) is 9.47 Å². The lowest BCUT2D eigenvalue weighted by atomic mass is 9.65. The van der Waals surface area contributed by atoms with E-state index in [9.17, 15) is 4.79 Å². The van der Waals surface area contributed by atoms with E-state index in [1.807, 2.05) is 30.3 Å². The van der Waals surface area contributed by atoms with Crippen molar-refractivity contribution in [3.63, 3.8) is 0 Å². The third-order valence-corrected chi connectivity index (χ3v) is 7.64. The highest BCUT2D eigenvalue weighted by Crippen LogP contribution is 2.49. The number of methoxy groups -OCH3 is 2. The van der Waals surface area contributed by atoms with Crippen LogP contribution in [0, 0.1) is 3.57 Å². The number of likely N-dealkylation sites (N-methyl/N-ethyl adjacent to an activating group) is 1. The number of urea groups is 1. The summed E-state index contributed by atoms with van der Waals surface area (Å²) in [6.45, 7) is 1.06. The van der Waals surface area contributed by atoms with E-state index >= 15 is 0 Å². The molecule has 2 N–H and O–H groups in total. The van der Waals surface area contributed by atoms with Crippen molar-refractivity contribution in [2.45, 2.75) is 43.2 Å². The Hall–Kier alpha value is -2.00. The topological polar surface area (TPSA) is 62.8 Å². The average Bonchev–Trinajstić information content (AvgIpc) is 3.12. The fourth-order valence-electron chi connectivity index (χ4n) is 5.28. The summed E-state index contributed by atoms with van der Waals surface area (Å²) < 4.78 is 12.2. The van der Waals surface area contributed by atoms with Crippen LogP contribution in [-0.2, 0) is 5.41 Å². The van der Waals surface area contributed by atoms with Crippen molar-refractivity contribution in [3.05, 3.63) is 51.6 Å². The van der Waals surface area contributed by atoms with Gasteiger partial charge in [0.25, 0.3) is 0 Å². The SMILES string of the molecule is COc1ccc([C@@]23CC[C@@H](NC(=O)Nc4ccc(I)cc4)C[C@@H]2N(C)CC3)cc1OC. The summed E-state index contributed by atoms with van der Waals surface area (Å²) in [6.07, 6.45) is 4.04. The fourth-order valence-corrected chi connectivity index (χ4v) is 5.64. The first kappa shape index (κ1) is 22.2. The number of carbonyl (C=O) groups is 1. The molecule has 2 amide bonds. The molecule has 4 rings (SSSR count). The summed E-state index contributed by atoms with van der Waals surface area (Å²) >= 11 is 2.26. The Labute approximate surface area is 197 Å². The molecule has 1 heterocycles. The highest BCUT2D eigenvalue weighted by Gasteiger charge is 2.50. The normalized spacial score (nSPS) is 25.5. The molecule has 0 bridgehead atoms. The molecule has 1 aliphatic heterocycles. The second-order valence-electron chi connectivity index (χ2n) is 8.55. The molecule has 1 saturated heterocycles. The second-order valence-corrected chi connectivity index (χ2v) is 9.79. The van der Waals surface area contributed by atoms with Crippen LogP contribution in [0.15, 0.2) is 42.5 Å². The van der Waals surface area contributed by atoms with E-state index < -0.39 is 0 Å². The first-order valence-electron chi connectivity index (χ1n) is 10.7. The van der Waals surface area contributed by atoms with Gasteiger partial charge in [-0.25, -0.2) is 4.79 Å². The van der Waals surface area contributed by atoms with Gasteiger partial charge in [-0.15, -0.1) is 0 Å². The van der Waals surface area contributed by atoms with Crippen LogP contribution in [0.5, 0.6) is 11.5 Å². The minimum absolute atomic E-state index is 0.0824. The average molecular weight is 535 g/mol. The van der Waals surface area contributed by atoms with Gasteiger partial charge >= 0.3 is 6.03 Å². The first-order chi connectivity index (χ1) is 14.9. The smallest absolute Gasteiger partial charge is 0.319 e. The van der Waals surface area contributed by atoms with Crippen LogP contribution in [0.25, 0.3) is 0 Å². The lowest BCUT2D eigenvalue weighted by Crippen LogP contribution is -2.52. The third-order valence-electron chi connectivity index (χ3n) is 6.92. The van der Waals surface area contributed by atoms with Crippen molar-refractivity contribution in [2.24, 2.45) is 0 Å². The minimum Gasteiger partial charge on any atom is -0.493 e. The number of hydrogen-bond donors (Lipinski definition) is 2. The van der Waals surface area contributed by atoms with Crippen LogP contribution in [0.1, 0.15) is 31.2 Å². The van der Waals surface area contributed by atoms with Gasteiger partial charge in [-0.05, 0) is 104 Å². The first-order valence-corrected chi connectivity index (χ1v) is 11.8. The molecule has 2 aromatic carbocycles. The maximum Gasteiger partial charge on any atom is 0.319 e. The van der Waals surface area contributed by atoms with Crippen LogP contribution in [-0.4, -0.2) is 50.8 Å². The number of carbonyl (C=O) groups excluding carboxylic acids is 1. The Morgan fingerprint density at radius 1 is 1.10 bits per heavy atom. The van der Waals surface area contributed by atoms with Crippen LogP contribution < -0.4 is 20.1 Å². The molecule has 2 fully saturated rings. The van der Waals surface area contributed by atoms with Crippen molar-refractivity contribution >= 4 is 34.3 Å². The van der Waals surface area contributed by atoms with E-state index in [1.165, 1.54) is 5.56 Å². The Bertz CT molecular complexity index is 936. The summed E-state index contributed by atoms with van der Waals surface area (Å²) in [5.74, 6) is 1.54. The molecule has 3 atom stereocenters. The molecule has 2 aliphatic rings. The van der Waals surface area contributed by atoms with E-state index in [2.05, 4.69) is 57.3 Å². The minimum atomic E-state index is -0.134. The zero-order valence-electron chi connectivity index (χ0n) is 18.3. The summed E-state index contributed by atoms with van der Waals surface area (Å²) in [5, 5.41) is 6.16. The zero-order chi connectivity index (χ0) is 22.0. The summed E-state index contributed by atoms with van der Waals surface area (Å²) in [5.41, 5.74) is 2.20. The zero-order valence-corrected chi connectivity index (χ0v) is 20.4. The molecule has 166 valence electrons. The number of ether oxygens (including phenoxy) is 2. The van der Waals surface area contributed by atoms with Gasteiger partial charge in [-0.3, -0.25) is 0 Å². The predicted octanol–water partition coefficient (Wildman–Crippen LogP) is 4.62. The number of rotatable bonds is 5. The third kappa shape index (κ3) is 4.48. The molecular formula is C24H30IN3O3. The molecule has 7 heteroatoms. The van der Waals surface area contributed by atoms with Crippen LogP contribution in [0.4, 0.5) is 10.5 Å². The maximum atomic E-state index is 12.6. The Kier molecular flexibility index (Phi) is 6.62. The van der Waals surface area contributed by atoms with Crippen molar-refractivity contribution in [1.82, 2.24) is 10.2 Å². The molecule has 31 heavy (non-hydrogen) atoms. The van der Waals surface area contributed by atoms with Crippen molar-refractivity contribution in [3.8, 4) is 11.5 Å². The second kappa shape index (κ2) is 9.24. The number of fused-ring (bicyclic) bond motifs is 1. The van der Waals surface area contributed by atoms with E-state index in [0.717, 1.165) is 53.0 Å². The van der Waals surface area contributed by atoms with Gasteiger partial charge < -0.3 is 25.0 Å². The van der Waals surface area contributed by atoms with Gasteiger partial charge in [0, 0.05) is 26.8 Å². The van der Waals surface area contributed by atoms with Crippen LogP contribution in [0.2, 0.25) is 0 Å². The van der Waals surface area contributed by atoms with E-state index in [0.29, 0.717) is 6.04 Å². The molecule has 0 unspecified atom stereocenters. The molecule has 0 spiro atoms. The number of halogens is 1. The lowest BCUT2D eigenvalue weighted by molar-refractivity contribution is 0.156. The predicted molar refractivity (Wildman–Crippen MR) is 131 cm³/mol. The van der Waals surface area contributed by atoms with Gasteiger partial charge in [0.1, 0.15) is 0 Å². The number of benzene rings is 2. The summed E-state index contributed by atoms with van der Waals surface area (Å²) in [6, 6.07) is 14.6. The number of nitrogens with zero attached hydrogens (tertiary/aromatic N) is 1. The quantitative estimate of drug-likeness (QED) is 0.549. The van der Waals surface area contributed by atoms with Crippen molar-refractivity contribution in [2.75, 3.05) is 33.1 Å². The number of likely N-dealkylation sites (tertiary alicyclic amines) is 1. The van der Waals surface area contributed by atoms with Crippen LogP contribution >= 0.6 is 22.6 Å². The Morgan fingerprint density at radius 3 is 2.55 bits per heavy atom.